The summed E-state index contributed by atoms with van der Waals surface area (Å²) in [6.07, 6.45) is 1.09. The second kappa shape index (κ2) is 13.4. The molecule has 10 nitrogen and oxygen atoms in total. The molecule has 0 saturated heterocycles. The molecule has 37 heavy (non-hydrogen) atoms. The minimum Gasteiger partial charge on any atom is -0.492 e. The molecule has 0 amide bonds. The third kappa shape index (κ3) is 8.32. The lowest BCUT2D eigenvalue weighted by atomic mass is 9.97. The molecule has 0 radical (unpaired) electrons. The standard InChI is InChI=1S/C27H36N6O4/c1-5-21(24(35)36)18-20-8-12-23(13-9-20)37-17-15-33(4)27-30-25(28-22-10-6-19(2)7-11-22)29-26(31-27)32(3)14-16-34/h6-13,21,34H,5,14-18H2,1-4H3,(H,35,36)(H,28,29,30,31). The van der Waals surface area contributed by atoms with Crippen molar-refractivity contribution in [2.24, 2.45) is 5.92 Å². The number of nitrogens with zero attached hydrogens (tertiary/aromatic N) is 5. The number of hydrogen-bond acceptors (Lipinski definition) is 9. The van der Waals surface area contributed by atoms with Crippen LogP contribution in [0, 0.1) is 12.8 Å². The first-order valence-corrected chi connectivity index (χ1v) is 12.4. The number of carboxylic acid groups (broad SMARTS) is 1. The summed E-state index contributed by atoms with van der Waals surface area (Å²) in [5, 5.41) is 21.8. The van der Waals surface area contributed by atoms with Gasteiger partial charge < -0.3 is 30.1 Å². The molecule has 3 aromatic rings. The van der Waals surface area contributed by atoms with Gasteiger partial charge >= 0.3 is 5.97 Å². The third-order valence-corrected chi connectivity index (χ3v) is 5.98. The van der Waals surface area contributed by atoms with E-state index in [2.05, 4.69) is 20.3 Å². The summed E-state index contributed by atoms with van der Waals surface area (Å²) >= 11 is 0. The Kier molecular flexibility index (Phi) is 10.0. The Labute approximate surface area is 218 Å². The van der Waals surface area contributed by atoms with Crippen LogP contribution in [0.25, 0.3) is 0 Å². The molecule has 0 aliphatic heterocycles. The molecule has 0 saturated carbocycles. The Morgan fingerprint density at radius 3 is 2.16 bits per heavy atom. The van der Waals surface area contributed by atoms with Gasteiger partial charge in [-0.15, -0.1) is 0 Å². The van der Waals surface area contributed by atoms with E-state index in [0.717, 1.165) is 16.8 Å². The Hall–Kier alpha value is -3.92. The molecule has 3 rings (SSSR count). The van der Waals surface area contributed by atoms with Crippen molar-refractivity contribution < 1.29 is 19.7 Å². The first kappa shape index (κ1) is 27.7. The second-order valence-electron chi connectivity index (χ2n) is 8.96. The number of benzene rings is 2. The Bertz CT molecular complexity index is 1140. The molecule has 0 aliphatic carbocycles. The van der Waals surface area contributed by atoms with Gasteiger partial charge in [-0.3, -0.25) is 4.79 Å². The molecule has 10 heteroatoms. The first-order valence-electron chi connectivity index (χ1n) is 12.4. The number of rotatable bonds is 14. The van der Waals surface area contributed by atoms with Crippen molar-refractivity contribution in [3.63, 3.8) is 0 Å². The summed E-state index contributed by atoms with van der Waals surface area (Å²) in [7, 11) is 3.70. The topological polar surface area (TPSA) is 124 Å². The lowest BCUT2D eigenvalue weighted by Crippen LogP contribution is -2.29. The van der Waals surface area contributed by atoms with E-state index in [9.17, 15) is 15.0 Å². The fourth-order valence-electron chi connectivity index (χ4n) is 3.58. The number of hydrogen-bond donors (Lipinski definition) is 3. The predicted octanol–water partition coefficient (Wildman–Crippen LogP) is 3.52. The Balaban J connectivity index is 1.64. The number of carbonyl (C=O) groups is 1. The number of aliphatic carboxylic acids is 1. The molecule has 0 spiro atoms. The van der Waals surface area contributed by atoms with Gasteiger partial charge in [0.1, 0.15) is 12.4 Å². The fraction of sp³-hybridized carbons (Fsp3) is 0.407. The quantitative estimate of drug-likeness (QED) is 0.298. The van der Waals surface area contributed by atoms with Gasteiger partial charge in [-0.1, -0.05) is 36.8 Å². The number of aliphatic hydroxyl groups excluding tert-OH is 1. The van der Waals surface area contributed by atoms with E-state index in [0.29, 0.717) is 56.1 Å². The van der Waals surface area contributed by atoms with Crippen LogP contribution in [0.3, 0.4) is 0 Å². The average molecular weight is 509 g/mol. The minimum atomic E-state index is -0.771. The summed E-state index contributed by atoms with van der Waals surface area (Å²) in [6.45, 7) is 5.21. The van der Waals surface area contributed by atoms with Crippen molar-refractivity contribution in [3.8, 4) is 5.75 Å². The van der Waals surface area contributed by atoms with Crippen LogP contribution in [0.4, 0.5) is 23.5 Å². The van der Waals surface area contributed by atoms with E-state index in [1.165, 1.54) is 0 Å². The molecule has 2 aromatic carbocycles. The summed E-state index contributed by atoms with van der Waals surface area (Å²) < 4.78 is 5.90. The van der Waals surface area contributed by atoms with E-state index in [-0.39, 0.29) is 12.5 Å². The van der Waals surface area contributed by atoms with Gasteiger partial charge in [0, 0.05) is 26.3 Å². The molecule has 0 fully saturated rings. The van der Waals surface area contributed by atoms with E-state index in [4.69, 9.17) is 4.74 Å². The van der Waals surface area contributed by atoms with Gasteiger partial charge in [-0.25, -0.2) is 0 Å². The number of carboxylic acids is 1. The molecule has 1 heterocycles. The van der Waals surface area contributed by atoms with Crippen LogP contribution < -0.4 is 19.9 Å². The molecule has 1 atom stereocenters. The van der Waals surface area contributed by atoms with Crippen LogP contribution in [0.15, 0.2) is 48.5 Å². The number of aliphatic hydroxyl groups is 1. The van der Waals surface area contributed by atoms with Crippen molar-refractivity contribution >= 4 is 29.5 Å². The fourth-order valence-corrected chi connectivity index (χ4v) is 3.58. The van der Waals surface area contributed by atoms with E-state index in [1.807, 2.05) is 81.4 Å². The maximum Gasteiger partial charge on any atom is 0.306 e. The highest BCUT2D eigenvalue weighted by molar-refractivity contribution is 5.70. The van der Waals surface area contributed by atoms with Crippen LogP contribution in [0.5, 0.6) is 5.75 Å². The highest BCUT2D eigenvalue weighted by Gasteiger charge is 2.16. The highest BCUT2D eigenvalue weighted by Crippen LogP contribution is 2.20. The zero-order valence-corrected chi connectivity index (χ0v) is 21.9. The van der Waals surface area contributed by atoms with Gasteiger partial charge in [-0.05, 0) is 49.6 Å². The largest absolute Gasteiger partial charge is 0.492 e. The lowest BCUT2D eigenvalue weighted by molar-refractivity contribution is -0.141. The molecule has 0 aliphatic rings. The number of nitrogens with one attached hydrogen (secondary N) is 1. The van der Waals surface area contributed by atoms with Crippen molar-refractivity contribution in [3.05, 3.63) is 59.7 Å². The zero-order valence-electron chi connectivity index (χ0n) is 21.9. The molecule has 198 valence electrons. The molecule has 3 N–H and O–H groups in total. The number of aromatic nitrogens is 3. The van der Waals surface area contributed by atoms with Crippen molar-refractivity contribution in [2.75, 3.05) is 55.5 Å². The first-order chi connectivity index (χ1) is 17.8. The number of anilines is 4. The second-order valence-corrected chi connectivity index (χ2v) is 8.96. The smallest absolute Gasteiger partial charge is 0.306 e. The van der Waals surface area contributed by atoms with Crippen molar-refractivity contribution in [1.82, 2.24) is 15.0 Å². The SMILES string of the molecule is CCC(Cc1ccc(OCCN(C)c2nc(Nc3ccc(C)cc3)nc(N(C)CCO)n2)cc1)C(=O)O. The lowest BCUT2D eigenvalue weighted by Gasteiger charge is -2.21. The monoisotopic (exact) mass is 508 g/mol. The summed E-state index contributed by atoms with van der Waals surface area (Å²) in [5.41, 5.74) is 2.99. The summed E-state index contributed by atoms with van der Waals surface area (Å²) in [6, 6.07) is 15.5. The van der Waals surface area contributed by atoms with Gasteiger partial charge in [0.25, 0.3) is 0 Å². The average Bonchev–Trinajstić information content (AvgIpc) is 2.89. The Morgan fingerprint density at radius 2 is 1.59 bits per heavy atom. The van der Waals surface area contributed by atoms with Crippen LogP contribution >= 0.6 is 0 Å². The van der Waals surface area contributed by atoms with Gasteiger partial charge in [-0.2, -0.15) is 15.0 Å². The van der Waals surface area contributed by atoms with Crippen molar-refractivity contribution in [2.45, 2.75) is 26.7 Å². The van der Waals surface area contributed by atoms with Crippen LogP contribution in [0.1, 0.15) is 24.5 Å². The highest BCUT2D eigenvalue weighted by atomic mass is 16.5. The molecular weight excluding hydrogens is 472 g/mol. The van der Waals surface area contributed by atoms with Crippen molar-refractivity contribution in [1.29, 1.82) is 0 Å². The number of likely N-dealkylation sites (N-methyl/N-ethyl adjacent to an activating group) is 2. The minimum absolute atomic E-state index is 0.0177. The van der Waals surface area contributed by atoms with E-state index >= 15 is 0 Å². The van der Waals surface area contributed by atoms with Crippen LogP contribution in [0.2, 0.25) is 0 Å². The summed E-state index contributed by atoms with van der Waals surface area (Å²) in [5.74, 6) is 0.885. The molecule has 0 bridgehead atoms. The number of aryl methyl sites for hydroxylation is 1. The van der Waals surface area contributed by atoms with E-state index < -0.39 is 5.97 Å². The summed E-state index contributed by atoms with van der Waals surface area (Å²) in [4.78, 5) is 28.6. The molecular formula is C27H36N6O4. The Morgan fingerprint density at radius 1 is 0.973 bits per heavy atom. The maximum absolute atomic E-state index is 11.3. The maximum atomic E-state index is 11.3. The molecule has 1 unspecified atom stereocenters. The van der Waals surface area contributed by atoms with Crippen LogP contribution in [-0.4, -0.2) is 71.5 Å². The zero-order chi connectivity index (χ0) is 26.8. The normalized spacial score (nSPS) is 11.6. The number of ether oxygens (including phenoxy) is 1. The third-order valence-electron chi connectivity index (χ3n) is 5.98. The van der Waals surface area contributed by atoms with Gasteiger partial charge in [0.05, 0.1) is 19.1 Å². The van der Waals surface area contributed by atoms with E-state index in [1.54, 1.807) is 4.90 Å². The predicted molar refractivity (Wildman–Crippen MR) is 145 cm³/mol. The van der Waals surface area contributed by atoms with Gasteiger partial charge in [0.2, 0.25) is 17.8 Å². The van der Waals surface area contributed by atoms with Gasteiger partial charge in [0.15, 0.2) is 0 Å². The molecule has 1 aromatic heterocycles. The van der Waals surface area contributed by atoms with Crippen LogP contribution in [-0.2, 0) is 11.2 Å².